The Balaban J connectivity index is 1.87. The van der Waals surface area contributed by atoms with Crippen LogP contribution in [0.3, 0.4) is 0 Å². The summed E-state index contributed by atoms with van der Waals surface area (Å²) in [5, 5.41) is 9.36. The van der Waals surface area contributed by atoms with Gasteiger partial charge in [0.2, 0.25) is 5.78 Å². The molecule has 3 rings (SSSR count). The molecule has 2 aromatic rings. The number of hydrogen-bond acceptors (Lipinski definition) is 4. The minimum absolute atomic E-state index is 0.240. The number of aliphatic hydroxyl groups is 1. The zero-order valence-electron chi connectivity index (χ0n) is 11.5. The highest BCUT2D eigenvalue weighted by atomic mass is 16.3. The lowest BCUT2D eigenvalue weighted by atomic mass is 10.2. The number of likely N-dealkylation sites (tertiary alicyclic amines) is 1. The monoisotopic (exact) mass is 260 g/mol. The summed E-state index contributed by atoms with van der Waals surface area (Å²) in [6.07, 6.45) is 4.30. The maximum Gasteiger partial charge on any atom is 0.234 e. The van der Waals surface area contributed by atoms with Crippen LogP contribution in [0.4, 0.5) is 0 Å². The molecule has 2 aromatic heterocycles. The third-order valence-corrected chi connectivity index (χ3v) is 3.89. The standard InChI is InChI=1S/C14H20N4O/c1-10-6-11(2)18-8-12(16-14(18)15-10)7-17-5-3-4-13(17)9-19/h6,8,13,19H,3-5,7,9H2,1-2H3/t13-/m1/s1. The molecule has 0 aliphatic carbocycles. The van der Waals surface area contributed by atoms with Gasteiger partial charge in [0.1, 0.15) is 0 Å². The molecule has 0 unspecified atom stereocenters. The van der Waals surface area contributed by atoms with E-state index in [0.29, 0.717) is 6.04 Å². The van der Waals surface area contributed by atoms with Crippen LogP contribution < -0.4 is 0 Å². The molecule has 3 heterocycles. The van der Waals surface area contributed by atoms with E-state index in [2.05, 4.69) is 34.1 Å². The number of nitrogens with zero attached hydrogens (tertiary/aromatic N) is 4. The molecular weight excluding hydrogens is 240 g/mol. The molecule has 5 nitrogen and oxygen atoms in total. The van der Waals surface area contributed by atoms with Gasteiger partial charge >= 0.3 is 0 Å². The van der Waals surface area contributed by atoms with Crippen molar-refractivity contribution >= 4 is 5.78 Å². The Morgan fingerprint density at radius 1 is 1.37 bits per heavy atom. The van der Waals surface area contributed by atoms with Crippen LogP contribution in [-0.4, -0.2) is 43.6 Å². The van der Waals surface area contributed by atoms with Gasteiger partial charge in [0.15, 0.2) is 0 Å². The molecule has 1 aliphatic rings. The minimum Gasteiger partial charge on any atom is -0.395 e. The first kappa shape index (κ1) is 12.6. The van der Waals surface area contributed by atoms with Crippen molar-refractivity contribution < 1.29 is 5.11 Å². The fourth-order valence-electron chi connectivity index (χ4n) is 2.91. The van der Waals surface area contributed by atoms with Crippen molar-refractivity contribution in [3.8, 4) is 0 Å². The topological polar surface area (TPSA) is 53.7 Å². The van der Waals surface area contributed by atoms with E-state index in [0.717, 1.165) is 48.8 Å². The summed E-state index contributed by atoms with van der Waals surface area (Å²) < 4.78 is 2.03. The van der Waals surface area contributed by atoms with Gasteiger partial charge in [-0.2, -0.15) is 0 Å². The Hall–Kier alpha value is -1.46. The number of aliphatic hydroxyl groups excluding tert-OH is 1. The normalized spacial score (nSPS) is 20.5. The number of rotatable bonds is 3. The first-order valence-electron chi connectivity index (χ1n) is 6.84. The van der Waals surface area contributed by atoms with Crippen LogP contribution in [0.25, 0.3) is 5.78 Å². The molecule has 0 radical (unpaired) electrons. The zero-order valence-corrected chi connectivity index (χ0v) is 11.5. The number of aromatic nitrogens is 3. The predicted octanol–water partition coefficient (Wildman–Crippen LogP) is 1.30. The van der Waals surface area contributed by atoms with Crippen LogP contribution in [0, 0.1) is 13.8 Å². The smallest absolute Gasteiger partial charge is 0.234 e. The Bertz CT molecular complexity index is 592. The van der Waals surface area contributed by atoms with Gasteiger partial charge in [0, 0.05) is 30.2 Å². The average molecular weight is 260 g/mol. The van der Waals surface area contributed by atoms with Crippen LogP contribution >= 0.6 is 0 Å². The molecule has 1 N–H and O–H groups in total. The van der Waals surface area contributed by atoms with Crippen molar-refractivity contribution in [2.75, 3.05) is 13.2 Å². The van der Waals surface area contributed by atoms with Gasteiger partial charge in [0.05, 0.1) is 12.3 Å². The second-order valence-electron chi connectivity index (χ2n) is 5.39. The van der Waals surface area contributed by atoms with Crippen LogP contribution in [0.15, 0.2) is 12.3 Å². The third-order valence-electron chi connectivity index (χ3n) is 3.89. The van der Waals surface area contributed by atoms with E-state index < -0.39 is 0 Å². The SMILES string of the molecule is Cc1cc(C)n2cc(CN3CCC[C@@H]3CO)nc2n1. The van der Waals surface area contributed by atoms with E-state index >= 15 is 0 Å². The van der Waals surface area contributed by atoms with Crippen molar-refractivity contribution in [1.29, 1.82) is 0 Å². The predicted molar refractivity (Wildman–Crippen MR) is 73.0 cm³/mol. The molecule has 1 fully saturated rings. The lowest BCUT2D eigenvalue weighted by molar-refractivity contribution is 0.152. The second-order valence-corrected chi connectivity index (χ2v) is 5.39. The molecule has 102 valence electrons. The molecule has 0 spiro atoms. The zero-order chi connectivity index (χ0) is 13.4. The van der Waals surface area contributed by atoms with Crippen molar-refractivity contribution in [1.82, 2.24) is 19.3 Å². The quantitative estimate of drug-likeness (QED) is 0.904. The number of imidazole rings is 1. The van der Waals surface area contributed by atoms with E-state index in [9.17, 15) is 5.11 Å². The molecular formula is C14H20N4O. The molecule has 1 atom stereocenters. The highest BCUT2D eigenvalue weighted by Crippen LogP contribution is 2.19. The van der Waals surface area contributed by atoms with Crippen molar-refractivity contribution in [2.45, 2.75) is 39.3 Å². The summed E-state index contributed by atoms with van der Waals surface area (Å²) in [5.41, 5.74) is 3.18. The molecule has 19 heavy (non-hydrogen) atoms. The highest BCUT2D eigenvalue weighted by molar-refractivity contribution is 5.34. The molecule has 0 amide bonds. The van der Waals surface area contributed by atoms with Gasteiger partial charge < -0.3 is 5.11 Å². The van der Waals surface area contributed by atoms with E-state index in [1.807, 2.05) is 11.3 Å². The summed E-state index contributed by atoms with van der Waals surface area (Å²) in [5.74, 6) is 0.771. The summed E-state index contributed by atoms with van der Waals surface area (Å²) in [4.78, 5) is 11.4. The van der Waals surface area contributed by atoms with Crippen LogP contribution in [0.1, 0.15) is 29.9 Å². The molecule has 0 aromatic carbocycles. The number of fused-ring (bicyclic) bond motifs is 1. The van der Waals surface area contributed by atoms with Gasteiger partial charge in [-0.05, 0) is 39.3 Å². The average Bonchev–Trinajstić information content (AvgIpc) is 2.95. The van der Waals surface area contributed by atoms with E-state index in [1.165, 1.54) is 0 Å². The van der Waals surface area contributed by atoms with Gasteiger partial charge in [-0.3, -0.25) is 9.30 Å². The van der Waals surface area contributed by atoms with Crippen LogP contribution in [0.2, 0.25) is 0 Å². The first-order valence-corrected chi connectivity index (χ1v) is 6.84. The largest absolute Gasteiger partial charge is 0.395 e. The minimum atomic E-state index is 0.240. The lowest BCUT2D eigenvalue weighted by Gasteiger charge is -2.21. The number of hydrogen-bond donors (Lipinski definition) is 1. The fraction of sp³-hybridized carbons (Fsp3) is 0.571. The molecule has 1 saturated heterocycles. The van der Waals surface area contributed by atoms with Crippen LogP contribution in [-0.2, 0) is 6.54 Å². The maximum atomic E-state index is 9.36. The lowest BCUT2D eigenvalue weighted by Crippen LogP contribution is -2.31. The Morgan fingerprint density at radius 3 is 3.00 bits per heavy atom. The molecule has 0 bridgehead atoms. The molecule has 1 aliphatic heterocycles. The second kappa shape index (κ2) is 4.90. The third kappa shape index (κ3) is 2.35. The van der Waals surface area contributed by atoms with Crippen molar-refractivity contribution in [2.24, 2.45) is 0 Å². The van der Waals surface area contributed by atoms with Gasteiger partial charge in [0.25, 0.3) is 0 Å². The summed E-state index contributed by atoms with van der Waals surface area (Å²) in [6.45, 7) is 6.14. The molecule has 5 heteroatoms. The van der Waals surface area contributed by atoms with Gasteiger partial charge in [-0.1, -0.05) is 0 Å². The summed E-state index contributed by atoms with van der Waals surface area (Å²) >= 11 is 0. The fourth-order valence-corrected chi connectivity index (χ4v) is 2.91. The Morgan fingerprint density at radius 2 is 2.21 bits per heavy atom. The maximum absolute atomic E-state index is 9.36. The van der Waals surface area contributed by atoms with E-state index in [-0.39, 0.29) is 6.61 Å². The van der Waals surface area contributed by atoms with E-state index in [4.69, 9.17) is 0 Å². The Labute approximate surface area is 112 Å². The van der Waals surface area contributed by atoms with Crippen LogP contribution in [0.5, 0.6) is 0 Å². The number of aryl methyl sites for hydroxylation is 2. The summed E-state index contributed by atoms with van der Waals surface area (Å²) in [6, 6.07) is 2.35. The first-order chi connectivity index (χ1) is 9.17. The highest BCUT2D eigenvalue weighted by Gasteiger charge is 2.24. The Kier molecular flexibility index (Phi) is 3.24. The van der Waals surface area contributed by atoms with Gasteiger partial charge in [-0.25, -0.2) is 9.97 Å². The van der Waals surface area contributed by atoms with E-state index in [1.54, 1.807) is 0 Å². The van der Waals surface area contributed by atoms with Crippen molar-refractivity contribution in [3.05, 3.63) is 29.3 Å². The summed E-state index contributed by atoms with van der Waals surface area (Å²) in [7, 11) is 0. The van der Waals surface area contributed by atoms with Gasteiger partial charge in [-0.15, -0.1) is 0 Å². The van der Waals surface area contributed by atoms with Crippen molar-refractivity contribution in [3.63, 3.8) is 0 Å². The molecule has 0 saturated carbocycles.